The van der Waals surface area contributed by atoms with Gasteiger partial charge in [-0.2, -0.15) is 0 Å². The molecule has 1 fully saturated rings. The van der Waals surface area contributed by atoms with E-state index < -0.39 is 0 Å². The number of benzene rings is 1. The van der Waals surface area contributed by atoms with Crippen molar-refractivity contribution < 1.29 is 14.3 Å². The van der Waals surface area contributed by atoms with E-state index in [1.54, 1.807) is 7.11 Å². The van der Waals surface area contributed by atoms with Crippen LogP contribution in [0.25, 0.3) is 0 Å². The summed E-state index contributed by atoms with van der Waals surface area (Å²) in [6, 6.07) is 11.0. The summed E-state index contributed by atoms with van der Waals surface area (Å²) in [5, 5.41) is 2.96. The van der Waals surface area contributed by atoms with Gasteiger partial charge in [-0.3, -0.25) is 14.6 Å². The molecule has 0 spiro atoms. The topological polar surface area (TPSA) is 71.5 Å². The molecular formula is C24H31N3O3. The van der Waals surface area contributed by atoms with Gasteiger partial charge in [-0.15, -0.1) is 0 Å². The van der Waals surface area contributed by atoms with Gasteiger partial charge < -0.3 is 15.0 Å². The molecule has 2 heterocycles. The lowest BCUT2D eigenvalue weighted by molar-refractivity contribution is -0.133. The lowest BCUT2D eigenvalue weighted by atomic mass is 9.89. The van der Waals surface area contributed by atoms with Crippen molar-refractivity contribution in [2.24, 2.45) is 5.92 Å². The highest BCUT2D eigenvalue weighted by Crippen LogP contribution is 2.30. The van der Waals surface area contributed by atoms with E-state index in [9.17, 15) is 9.59 Å². The molecule has 2 amide bonds. The van der Waals surface area contributed by atoms with Gasteiger partial charge in [-0.05, 0) is 62.1 Å². The first kappa shape index (κ1) is 21.8. The lowest BCUT2D eigenvalue weighted by Crippen LogP contribution is -2.38. The van der Waals surface area contributed by atoms with Crippen molar-refractivity contribution in [3.63, 3.8) is 0 Å². The zero-order valence-corrected chi connectivity index (χ0v) is 18.3. The van der Waals surface area contributed by atoms with Crippen LogP contribution in [0.4, 0.5) is 5.69 Å². The molecule has 0 radical (unpaired) electrons. The first-order valence-electron chi connectivity index (χ1n) is 10.6. The molecule has 0 bridgehead atoms. The number of methoxy groups -OCH3 is 1. The number of amides is 2. The quantitative estimate of drug-likeness (QED) is 0.767. The summed E-state index contributed by atoms with van der Waals surface area (Å²) in [6.45, 7) is 7.50. The molecule has 0 atom stereocenters. The zero-order valence-electron chi connectivity index (χ0n) is 18.3. The largest absolute Gasteiger partial charge is 0.497 e. The summed E-state index contributed by atoms with van der Waals surface area (Å²) in [5.74, 6) is 1.33. The van der Waals surface area contributed by atoms with Crippen molar-refractivity contribution >= 4 is 17.5 Å². The van der Waals surface area contributed by atoms with E-state index in [0.29, 0.717) is 36.7 Å². The molecule has 0 unspecified atom stereocenters. The van der Waals surface area contributed by atoms with Crippen LogP contribution in [0, 0.1) is 12.8 Å². The van der Waals surface area contributed by atoms with Crippen molar-refractivity contribution in [3.8, 4) is 5.75 Å². The third-order valence-corrected chi connectivity index (χ3v) is 5.47. The number of carbonyl (C=O) groups excluding carboxylic acids is 2. The minimum atomic E-state index is -0.166. The van der Waals surface area contributed by atoms with Crippen LogP contribution in [0.5, 0.6) is 5.75 Å². The monoisotopic (exact) mass is 409 g/mol. The fraction of sp³-hybridized carbons (Fsp3) is 0.458. The molecule has 1 aromatic carbocycles. The first-order valence-corrected chi connectivity index (χ1v) is 10.6. The number of hydrogen-bond acceptors (Lipinski definition) is 4. The maximum absolute atomic E-state index is 13.0. The molecule has 160 valence electrons. The number of aryl methyl sites for hydroxylation is 1. The maximum Gasteiger partial charge on any atom is 0.257 e. The molecule has 1 saturated heterocycles. The number of hydrogen-bond donors (Lipinski definition) is 1. The number of carbonyl (C=O) groups is 2. The Bertz CT molecular complexity index is 885. The van der Waals surface area contributed by atoms with Crippen molar-refractivity contribution in [2.75, 3.05) is 25.5 Å². The van der Waals surface area contributed by atoms with Crippen molar-refractivity contribution in [3.05, 3.63) is 53.3 Å². The van der Waals surface area contributed by atoms with Crippen LogP contribution in [-0.2, 0) is 4.79 Å². The van der Waals surface area contributed by atoms with Crippen molar-refractivity contribution in [1.29, 1.82) is 0 Å². The fourth-order valence-electron chi connectivity index (χ4n) is 3.83. The highest BCUT2D eigenvalue weighted by atomic mass is 16.5. The lowest BCUT2D eigenvalue weighted by Gasteiger charge is -2.33. The van der Waals surface area contributed by atoms with E-state index >= 15 is 0 Å². The molecule has 0 aliphatic carbocycles. The van der Waals surface area contributed by atoms with E-state index in [1.165, 1.54) is 0 Å². The normalized spacial score (nSPS) is 14.6. The Morgan fingerprint density at radius 1 is 1.13 bits per heavy atom. The number of likely N-dealkylation sites (tertiary alicyclic amines) is 1. The van der Waals surface area contributed by atoms with E-state index in [-0.39, 0.29) is 17.7 Å². The Morgan fingerprint density at radius 3 is 2.40 bits per heavy atom. The van der Waals surface area contributed by atoms with Gasteiger partial charge in [-0.25, -0.2) is 0 Å². The van der Waals surface area contributed by atoms with Crippen molar-refractivity contribution in [2.45, 2.75) is 46.0 Å². The van der Waals surface area contributed by atoms with Gasteiger partial charge in [0, 0.05) is 36.8 Å². The second-order valence-corrected chi connectivity index (χ2v) is 8.32. The predicted molar refractivity (Wildman–Crippen MR) is 118 cm³/mol. The molecule has 30 heavy (non-hydrogen) atoms. The number of aromatic nitrogens is 1. The average Bonchev–Trinajstić information content (AvgIpc) is 2.73. The van der Waals surface area contributed by atoms with Gasteiger partial charge in [0.05, 0.1) is 18.4 Å². The Morgan fingerprint density at radius 2 is 1.80 bits per heavy atom. The molecule has 1 aromatic heterocycles. The summed E-state index contributed by atoms with van der Waals surface area (Å²) in [6.07, 6.45) is 2.23. The van der Waals surface area contributed by atoms with Crippen LogP contribution in [0.1, 0.15) is 60.8 Å². The van der Waals surface area contributed by atoms with E-state index in [0.717, 1.165) is 30.0 Å². The summed E-state index contributed by atoms with van der Waals surface area (Å²) in [4.78, 5) is 32.0. The molecular weight excluding hydrogens is 378 g/mol. The number of rotatable bonds is 6. The maximum atomic E-state index is 13.0. The average molecular weight is 410 g/mol. The molecule has 6 heteroatoms. The number of nitrogens with one attached hydrogen (secondary N) is 1. The van der Waals surface area contributed by atoms with Crippen molar-refractivity contribution in [1.82, 2.24) is 9.88 Å². The van der Waals surface area contributed by atoms with Gasteiger partial charge in [0.1, 0.15) is 5.75 Å². The Hall–Kier alpha value is -2.89. The standard InChI is InChI=1S/C24H31N3O3/c1-16(2)15-22(28)27-13-11-18(12-14-27)23-21(10-5-17(3)25-23)24(29)26-19-6-8-20(30-4)9-7-19/h5-10,16,18H,11-15H2,1-4H3,(H,26,29). The third kappa shape index (κ3) is 5.38. The highest BCUT2D eigenvalue weighted by Gasteiger charge is 2.28. The van der Waals surface area contributed by atoms with E-state index in [2.05, 4.69) is 19.2 Å². The summed E-state index contributed by atoms with van der Waals surface area (Å²) in [5.41, 5.74) is 3.03. The third-order valence-electron chi connectivity index (χ3n) is 5.47. The fourth-order valence-corrected chi connectivity index (χ4v) is 3.83. The van der Waals surface area contributed by atoms with Crippen LogP contribution in [0.2, 0.25) is 0 Å². The van der Waals surface area contributed by atoms with Crippen LogP contribution in [0.15, 0.2) is 36.4 Å². The minimum absolute atomic E-state index is 0.166. The number of piperidine rings is 1. The van der Waals surface area contributed by atoms with Gasteiger partial charge >= 0.3 is 0 Å². The van der Waals surface area contributed by atoms with Crippen LogP contribution >= 0.6 is 0 Å². The number of nitrogens with zero attached hydrogens (tertiary/aromatic N) is 2. The molecule has 1 aliphatic rings. The summed E-state index contributed by atoms with van der Waals surface area (Å²) < 4.78 is 5.17. The Balaban J connectivity index is 1.72. The van der Waals surface area contributed by atoms with Crippen LogP contribution < -0.4 is 10.1 Å². The van der Waals surface area contributed by atoms with Gasteiger partial charge in [0.25, 0.3) is 5.91 Å². The summed E-state index contributed by atoms with van der Waals surface area (Å²) >= 11 is 0. The van der Waals surface area contributed by atoms with E-state index in [1.807, 2.05) is 48.2 Å². The van der Waals surface area contributed by atoms with Crippen LogP contribution in [-0.4, -0.2) is 41.9 Å². The minimum Gasteiger partial charge on any atom is -0.497 e. The van der Waals surface area contributed by atoms with Gasteiger partial charge in [0.15, 0.2) is 0 Å². The number of ether oxygens (including phenoxy) is 1. The first-order chi connectivity index (χ1) is 14.4. The second kappa shape index (κ2) is 9.74. The van der Waals surface area contributed by atoms with Gasteiger partial charge in [0.2, 0.25) is 5.91 Å². The smallest absolute Gasteiger partial charge is 0.257 e. The predicted octanol–water partition coefficient (Wildman–Crippen LogP) is 4.40. The number of anilines is 1. The molecule has 3 rings (SSSR count). The molecule has 6 nitrogen and oxygen atoms in total. The highest BCUT2D eigenvalue weighted by molar-refractivity contribution is 6.05. The SMILES string of the molecule is COc1ccc(NC(=O)c2ccc(C)nc2C2CCN(C(=O)CC(C)C)CC2)cc1. The number of pyridine rings is 1. The molecule has 1 aliphatic heterocycles. The molecule has 2 aromatic rings. The second-order valence-electron chi connectivity index (χ2n) is 8.32. The molecule has 1 N–H and O–H groups in total. The van der Waals surface area contributed by atoms with Gasteiger partial charge in [-0.1, -0.05) is 13.8 Å². The van der Waals surface area contributed by atoms with E-state index in [4.69, 9.17) is 9.72 Å². The Labute approximate surface area is 178 Å². The summed E-state index contributed by atoms with van der Waals surface area (Å²) in [7, 11) is 1.61. The Kier molecular flexibility index (Phi) is 7.08. The van der Waals surface area contributed by atoms with Crippen LogP contribution in [0.3, 0.4) is 0 Å². The zero-order chi connectivity index (χ0) is 21.7. The molecule has 0 saturated carbocycles.